The van der Waals surface area contributed by atoms with Crippen molar-refractivity contribution < 1.29 is 9.53 Å². The summed E-state index contributed by atoms with van der Waals surface area (Å²) in [5.74, 6) is -0.0559. The van der Waals surface area contributed by atoms with E-state index < -0.39 is 5.97 Å². The predicted molar refractivity (Wildman–Crippen MR) is 96.9 cm³/mol. The molecule has 0 radical (unpaired) electrons. The van der Waals surface area contributed by atoms with Crippen molar-refractivity contribution >= 4 is 28.5 Å². The lowest BCUT2D eigenvalue weighted by molar-refractivity contribution is -0.142. The van der Waals surface area contributed by atoms with E-state index in [1.54, 1.807) is 25.1 Å². The molecule has 1 heterocycles. The fraction of sp³-hybridized carbons (Fsp3) is 0.211. The van der Waals surface area contributed by atoms with Gasteiger partial charge in [0.1, 0.15) is 12.2 Å². The van der Waals surface area contributed by atoms with E-state index in [2.05, 4.69) is 4.98 Å². The molecule has 128 valence electrons. The number of carbonyl (C=O) groups is 1. The van der Waals surface area contributed by atoms with Crippen molar-refractivity contribution in [3.05, 3.63) is 75.3 Å². The Hall–Kier alpha value is -2.66. The number of hydrogen-bond acceptors (Lipinski definition) is 4. The van der Waals surface area contributed by atoms with Crippen molar-refractivity contribution in [2.45, 2.75) is 19.9 Å². The molecule has 0 aliphatic heterocycles. The maximum absolute atomic E-state index is 12.9. The molecule has 0 N–H and O–H groups in total. The van der Waals surface area contributed by atoms with E-state index >= 15 is 0 Å². The fourth-order valence-corrected chi connectivity index (χ4v) is 2.81. The molecule has 0 atom stereocenters. The van der Waals surface area contributed by atoms with Crippen molar-refractivity contribution in [2.75, 3.05) is 6.61 Å². The normalized spacial score (nSPS) is 10.8. The van der Waals surface area contributed by atoms with Gasteiger partial charge in [0.25, 0.3) is 5.56 Å². The molecule has 0 fully saturated rings. The molecule has 0 aliphatic carbocycles. The minimum absolute atomic E-state index is 0.0711. The SMILES string of the molecule is CCOC(=O)Cc1nc2cc(Cl)ccc2c(=O)n1Cc1ccccc1. The van der Waals surface area contributed by atoms with Crippen molar-refractivity contribution in [1.82, 2.24) is 9.55 Å². The Morgan fingerprint density at radius 3 is 2.68 bits per heavy atom. The summed E-state index contributed by atoms with van der Waals surface area (Å²) in [6.07, 6.45) is -0.0711. The molecule has 0 aliphatic rings. The highest BCUT2D eigenvalue weighted by Gasteiger charge is 2.15. The van der Waals surface area contributed by atoms with Crippen LogP contribution in [0.15, 0.2) is 53.3 Å². The first kappa shape index (κ1) is 17.2. The molecule has 25 heavy (non-hydrogen) atoms. The molecular formula is C19H17ClN2O3. The van der Waals surface area contributed by atoms with E-state index in [1.807, 2.05) is 30.3 Å². The second-order valence-corrected chi connectivity index (χ2v) is 5.98. The molecule has 2 aromatic carbocycles. The number of fused-ring (bicyclic) bond motifs is 1. The Balaban J connectivity index is 2.13. The first-order valence-electron chi connectivity index (χ1n) is 7.97. The molecule has 6 heteroatoms. The largest absolute Gasteiger partial charge is 0.466 e. The van der Waals surface area contributed by atoms with Crippen LogP contribution in [0.5, 0.6) is 0 Å². The van der Waals surface area contributed by atoms with Crippen LogP contribution in [0.4, 0.5) is 0 Å². The number of nitrogens with zero attached hydrogens (tertiary/aromatic N) is 2. The van der Waals surface area contributed by atoms with Crippen LogP contribution in [0, 0.1) is 0 Å². The van der Waals surface area contributed by atoms with Gasteiger partial charge in [-0.25, -0.2) is 4.98 Å². The predicted octanol–water partition coefficient (Wildman–Crippen LogP) is 3.20. The monoisotopic (exact) mass is 356 g/mol. The second-order valence-electron chi connectivity index (χ2n) is 5.55. The number of benzene rings is 2. The minimum atomic E-state index is -0.419. The van der Waals surface area contributed by atoms with Crippen LogP contribution in [0.2, 0.25) is 5.02 Å². The van der Waals surface area contributed by atoms with E-state index in [1.165, 1.54) is 4.57 Å². The van der Waals surface area contributed by atoms with E-state index in [-0.39, 0.29) is 18.6 Å². The number of halogens is 1. The van der Waals surface area contributed by atoms with Crippen molar-refractivity contribution in [3.63, 3.8) is 0 Å². The van der Waals surface area contributed by atoms with Gasteiger partial charge in [-0.05, 0) is 30.7 Å². The molecule has 0 spiro atoms. The number of ether oxygens (including phenoxy) is 1. The van der Waals surface area contributed by atoms with Crippen LogP contribution in [0.1, 0.15) is 18.3 Å². The van der Waals surface area contributed by atoms with Crippen LogP contribution < -0.4 is 5.56 Å². The maximum atomic E-state index is 12.9. The highest BCUT2D eigenvalue weighted by atomic mass is 35.5. The summed E-state index contributed by atoms with van der Waals surface area (Å²) in [4.78, 5) is 29.4. The lowest BCUT2D eigenvalue weighted by Gasteiger charge is -2.13. The average Bonchev–Trinajstić information content (AvgIpc) is 2.59. The Labute approximate surface area is 149 Å². The lowest BCUT2D eigenvalue weighted by atomic mass is 10.2. The first-order chi connectivity index (χ1) is 12.1. The molecule has 3 rings (SSSR count). The summed E-state index contributed by atoms with van der Waals surface area (Å²) in [5, 5.41) is 0.954. The maximum Gasteiger partial charge on any atom is 0.313 e. The Kier molecular flexibility index (Phi) is 5.14. The van der Waals surface area contributed by atoms with E-state index in [4.69, 9.17) is 16.3 Å². The first-order valence-corrected chi connectivity index (χ1v) is 8.35. The highest BCUT2D eigenvalue weighted by molar-refractivity contribution is 6.31. The molecule has 0 saturated carbocycles. The highest BCUT2D eigenvalue weighted by Crippen LogP contribution is 2.16. The summed E-state index contributed by atoms with van der Waals surface area (Å²) in [6, 6.07) is 14.5. The van der Waals surface area contributed by atoms with Crippen LogP contribution in [-0.4, -0.2) is 22.1 Å². The summed E-state index contributed by atoms with van der Waals surface area (Å²) in [7, 11) is 0. The summed E-state index contributed by atoms with van der Waals surface area (Å²) in [6.45, 7) is 2.35. The van der Waals surface area contributed by atoms with E-state index in [9.17, 15) is 9.59 Å². The quantitative estimate of drug-likeness (QED) is 0.659. The van der Waals surface area contributed by atoms with Gasteiger partial charge < -0.3 is 4.74 Å². The smallest absolute Gasteiger partial charge is 0.313 e. The van der Waals surface area contributed by atoms with Gasteiger partial charge in [0.05, 0.1) is 24.1 Å². The second kappa shape index (κ2) is 7.49. The number of aromatic nitrogens is 2. The van der Waals surface area contributed by atoms with E-state index in [0.29, 0.717) is 28.3 Å². The van der Waals surface area contributed by atoms with Gasteiger partial charge in [-0.3, -0.25) is 14.2 Å². The molecule has 0 saturated heterocycles. The van der Waals surface area contributed by atoms with Crippen LogP contribution in [0.3, 0.4) is 0 Å². The average molecular weight is 357 g/mol. The zero-order valence-electron chi connectivity index (χ0n) is 13.7. The lowest BCUT2D eigenvalue weighted by Crippen LogP contribution is -2.28. The number of hydrogen-bond donors (Lipinski definition) is 0. The molecule has 0 bridgehead atoms. The molecular weight excluding hydrogens is 340 g/mol. The molecule has 1 aromatic heterocycles. The zero-order valence-corrected chi connectivity index (χ0v) is 14.5. The van der Waals surface area contributed by atoms with Gasteiger partial charge in [0.2, 0.25) is 0 Å². The van der Waals surface area contributed by atoms with Gasteiger partial charge in [0, 0.05) is 5.02 Å². The number of esters is 1. The third kappa shape index (κ3) is 3.88. The van der Waals surface area contributed by atoms with Crippen LogP contribution in [-0.2, 0) is 22.5 Å². The van der Waals surface area contributed by atoms with Crippen molar-refractivity contribution in [3.8, 4) is 0 Å². The number of rotatable bonds is 5. The molecule has 0 amide bonds. The zero-order chi connectivity index (χ0) is 17.8. The number of carbonyl (C=O) groups excluding carboxylic acids is 1. The van der Waals surface area contributed by atoms with E-state index in [0.717, 1.165) is 5.56 Å². The van der Waals surface area contributed by atoms with Gasteiger partial charge >= 0.3 is 5.97 Å². The third-order valence-electron chi connectivity index (χ3n) is 3.79. The van der Waals surface area contributed by atoms with Crippen molar-refractivity contribution in [2.24, 2.45) is 0 Å². The van der Waals surface area contributed by atoms with Crippen molar-refractivity contribution in [1.29, 1.82) is 0 Å². The molecule has 5 nitrogen and oxygen atoms in total. The molecule has 3 aromatic rings. The molecule has 0 unspecified atom stereocenters. The standard InChI is InChI=1S/C19H17ClN2O3/c1-2-25-18(23)11-17-21-16-10-14(20)8-9-15(16)19(24)22(17)12-13-6-4-3-5-7-13/h3-10H,2,11-12H2,1H3. The van der Waals surface area contributed by atoms with Crippen LogP contribution in [0.25, 0.3) is 10.9 Å². The van der Waals surface area contributed by atoms with Gasteiger partial charge in [-0.15, -0.1) is 0 Å². The van der Waals surface area contributed by atoms with Gasteiger partial charge in [0.15, 0.2) is 0 Å². The van der Waals surface area contributed by atoms with Crippen LogP contribution >= 0.6 is 11.6 Å². The summed E-state index contributed by atoms with van der Waals surface area (Å²) >= 11 is 6.01. The topological polar surface area (TPSA) is 61.2 Å². The summed E-state index contributed by atoms with van der Waals surface area (Å²) in [5.41, 5.74) is 1.22. The fourth-order valence-electron chi connectivity index (χ4n) is 2.65. The summed E-state index contributed by atoms with van der Waals surface area (Å²) < 4.78 is 6.52. The Morgan fingerprint density at radius 2 is 1.96 bits per heavy atom. The third-order valence-corrected chi connectivity index (χ3v) is 4.02. The minimum Gasteiger partial charge on any atom is -0.466 e. The van der Waals surface area contributed by atoms with Gasteiger partial charge in [-0.1, -0.05) is 41.9 Å². The Bertz CT molecular complexity index is 968. The Morgan fingerprint density at radius 1 is 1.20 bits per heavy atom. The van der Waals surface area contributed by atoms with Gasteiger partial charge in [-0.2, -0.15) is 0 Å².